The average Bonchev–Trinajstić information content (AvgIpc) is 2.43. The molecular weight excluding hydrogens is 530 g/mol. The molecule has 0 saturated heterocycles. The molecule has 0 aliphatic carbocycles. The maximum atomic E-state index is 2.67. The third-order valence-corrected chi connectivity index (χ3v) is 324. The van der Waals surface area contributed by atoms with Gasteiger partial charge in [-0.25, -0.2) is 0 Å². The van der Waals surface area contributed by atoms with Crippen LogP contribution in [0.2, 0.25) is 13.1 Å². The second kappa shape index (κ2) is 20.9. The molecule has 0 aromatic heterocycles. The van der Waals surface area contributed by atoms with E-state index < -0.39 is 0 Å². The summed E-state index contributed by atoms with van der Waals surface area (Å²) in [4.78, 5) is 0. The Bertz CT molecular complexity index is 169. The lowest BCUT2D eigenvalue weighted by Gasteiger charge is -2.00. The van der Waals surface area contributed by atoms with Gasteiger partial charge in [0, 0.05) is 8.31 Å². The van der Waals surface area contributed by atoms with E-state index in [1.54, 1.807) is 9.76 Å². The first-order valence-electron chi connectivity index (χ1n) is 9.77. The zero-order chi connectivity index (χ0) is 14.9. The standard InChI is InChI=1S/C2H42Si18/c1-20(2)19-18-17-16-15-14-13-12-11-10-9-8-7-6-5-4-3/h20H,4-19H2,1-3H3. The maximum absolute atomic E-state index is 2.67. The molecule has 0 bridgehead atoms. The van der Waals surface area contributed by atoms with Crippen LogP contribution in [-0.2, 0) is 0 Å². The number of hydrogen-bond donors (Lipinski definition) is 0. The van der Waals surface area contributed by atoms with Gasteiger partial charge in [0.2, 0.25) is 0 Å². The van der Waals surface area contributed by atoms with Gasteiger partial charge in [-0.1, -0.05) is 13.1 Å². The number of hydrogen-bond acceptors (Lipinski definition) is 0. The Morgan fingerprint density at radius 1 is 0.500 bits per heavy atom. The van der Waals surface area contributed by atoms with Crippen LogP contribution in [0.15, 0.2) is 0 Å². The summed E-state index contributed by atoms with van der Waals surface area (Å²) < 4.78 is 0. The molecule has 0 fully saturated rings. The van der Waals surface area contributed by atoms with Crippen LogP contribution in [0.1, 0.15) is 0 Å². The van der Waals surface area contributed by atoms with Crippen molar-refractivity contribution in [1.82, 2.24) is 0 Å². The first-order valence-corrected chi connectivity index (χ1v) is 81.0. The predicted molar refractivity (Wildman–Crippen MR) is 166 cm³/mol. The van der Waals surface area contributed by atoms with Crippen molar-refractivity contribution in [2.45, 2.75) is 13.1 Å². The molecule has 20 heavy (non-hydrogen) atoms. The summed E-state index contributed by atoms with van der Waals surface area (Å²) in [7, 11) is 16.0. The van der Waals surface area contributed by atoms with Gasteiger partial charge in [0.15, 0.2) is 0 Å². The van der Waals surface area contributed by atoms with Gasteiger partial charge < -0.3 is 0 Å². The predicted octanol–water partition coefficient (Wildman–Crippen LogP) is -15.3. The van der Waals surface area contributed by atoms with Crippen LogP contribution in [-0.4, -0.2) is 155 Å². The van der Waals surface area contributed by atoms with Gasteiger partial charge in [0.1, 0.15) is 0 Å². The molecule has 122 valence electrons. The smallest absolute Gasteiger partial charge is 0.0146 e. The van der Waals surface area contributed by atoms with Crippen molar-refractivity contribution in [1.29, 1.82) is 0 Å². The highest BCUT2D eigenvalue weighted by Crippen LogP contribution is 1.71. The Hall–Kier alpha value is 3.90. The zero-order valence-electron chi connectivity index (χ0n) is 14.9. The first-order chi connectivity index (χ1) is 9.77. The highest BCUT2D eigenvalue weighted by molar-refractivity contribution is 7.74. The molecule has 0 N–H and O–H groups in total. The van der Waals surface area contributed by atoms with E-state index in [0.29, 0.717) is 0 Å². The molecule has 0 amide bonds. The third kappa shape index (κ3) is 21.9. The van der Waals surface area contributed by atoms with Crippen LogP contribution in [0.25, 0.3) is 0 Å². The highest BCUT2D eigenvalue weighted by atomic mass is 30.1. The van der Waals surface area contributed by atoms with E-state index >= 15 is 0 Å². The SMILES string of the molecule is C[SiH](C)[SiH2][SiH2][SiH2][SiH2][SiH2][SiH2][SiH2][SiH2][SiH2][SiH2][SiH2][SiH2][SiH2][SiH2][SiH2][SiH2][SiH3]. The Labute approximate surface area is 166 Å². The molecule has 0 heterocycles. The molecule has 18 heteroatoms. The largest absolute Gasteiger partial charge is 0.0748 e. The molecule has 0 unspecified atom stereocenters. The van der Waals surface area contributed by atoms with E-state index in [-0.39, 0.29) is 8.31 Å². The van der Waals surface area contributed by atoms with Gasteiger partial charge in [-0.05, 0) is 147 Å². The molecule has 0 radical (unpaired) electrons. The van der Waals surface area contributed by atoms with Crippen molar-refractivity contribution in [3.8, 4) is 0 Å². The molecule has 0 aromatic carbocycles. The number of rotatable bonds is 16. The summed E-state index contributed by atoms with van der Waals surface area (Å²) in [6.45, 7) is 5.33. The minimum absolute atomic E-state index is 0.0666. The molecule has 0 aliphatic rings. The fourth-order valence-electron chi connectivity index (χ4n) is 2.92. The summed E-state index contributed by atoms with van der Waals surface area (Å²) in [6, 6.07) is 0. The Kier molecular flexibility index (Phi) is 25.0. The van der Waals surface area contributed by atoms with E-state index in [1.165, 1.54) is 0 Å². The van der Waals surface area contributed by atoms with Crippen LogP contribution in [0.4, 0.5) is 0 Å². The van der Waals surface area contributed by atoms with Crippen molar-refractivity contribution in [2.75, 3.05) is 0 Å². The van der Waals surface area contributed by atoms with Gasteiger partial charge >= 0.3 is 0 Å². The van der Waals surface area contributed by atoms with Crippen LogP contribution >= 0.6 is 0 Å². The molecule has 0 aromatic rings. The van der Waals surface area contributed by atoms with Crippen molar-refractivity contribution < 1.29 is 0 Å². The summed E-state index contributed by atoms with van der Waals surface area (Å²) in [5, 5.41) is 0. The minimum Gasteiger partial charge on any atom is -0.0748 e. The first kappa shape index (κ1) is 23.9. The van der Waals surface area contributed by atoms with Crippen molar-refractivity contribution >= 4 is 155 Å². The Morgan fingerprint density at radius 3 is 1.10 bits per heavy atom. The van der Waals surface area contributed by atoms with E-state index in [1.807, 2.05) is 0 Å². The third-order valence-electron chi connectivity index (χ3n) is 4.39. The van der Waals surface area contributed by atoms with Crippen LogP contribution in [0.3, 0.4) is 0 Å². The van der Waals surface area contributed by atoms with E-state index in [9.17, 15) is 0 Å². The average molecular weight is 572 g/mol. The van der Waals surface area contributed by atoms with Gasteiger partial charge in [-0.15, -0.1) is 0 Å². The molecule has 0 rings (SSSR count). The molecule has 0 aliphatic heterocycles. The van der Waals surface area contributed by atoms with Crippen LogP contribution in [0, 0.1) is 0 Å². The quantitative estimate of drug-likeness (QED) is 0.128. The molecule has 0 atom stereocenters. The van der Waals surface area contributed by atoms with Crippen molar-refractivity contribution in [2.24, 2.45) is 0 Å². The topological polar surface area (TPSA) is 0 Å². The van der Waals surface area contributed by atoms with Crippen molar-refractivity contribution in [3.63, 3.8) is 0 Å². The lowest BCUT2D eigenvalue weighted by atomic mass is 11.9. The highest BCUT2D eigenvalue weighted by Gasteiger charge is 2.00. The van der Waals surface area contributed by atoms with Crippen LogP contribution in [0.5, 0.6) is 0 Å². The normalized spacial score (nSPS) is 21.1. The second-order valence-corrected chi connectivity index (χ2v) is 164. The van der Waals surface area contributed by atoms with E-state index in [0.717, 1.165) is 137 Å². The van der Waals surface area contributed by atoms with Gasteiger partial charge in [-0.2, -0.15) is 0 Å². The summed E-state index contributed by atoms with van der Waals surface area (Å²) in [5.41, 5.74) is 0. The monoisotopic (exact) mass is 570 g/mol. The minimum atomic E-state index is 0.0666. The lowest BCUT2D eigenvalue weighted by Crippen LogP contribution is -2.36. The van der Waals surface area contributed by atoms with E-state index in [2.05, 4.69) is 13.1 Å². The van der Waals surface area contributed by atoms with Gasteiger partial charge in [0.25, 0.3) is 0 Å². The summed E-state index contributed by atoms with van der Waals surface area (Å²) in [5.74, 6) is 0. The lowest BCUT2D eigenvalue weighted by molar-refractivity contribution is 2.10. The maximum Gasteiger partial charge on any atom is 0.0146 e. The molecular formula is C2H42Si18. The van der Waals surface area contributed by atoms with Crippen molar-refractivity contribution in [3.05, 3.63) is 0 Å². The molecule has 0 saturated carbocycles. The van der Waals surface area contributed by atoms with Gasteiger partial charge in [0.05, 0.1) is 0 Å². The Morgan fingerprint density at radius 2 is 0.800 bits per heavy atom. The Balaban J connectivity index is 2.92. The van der Waals surface area contributed by atoms with Gasteiger partial charge in [-0.3, -0.25) is 0 Å². The summed E-state index contributed by atoms with van der Waals surface area (Å²) in [6.07, 6.45) is 0. The fourth-order valence-corrected chi connectivity index (χ4v) is 644. The molecule has 0 nitrogen and oxygen atoms in total. The fraction of sp³-hybridized carbons (Fsp3) is 1.00. The van der Waals surface area contributed by atoms with E-state index in [4.69, 9.17) is 0 Å². The second-order valence-electron chi connectivity index (χ2n) is 7.13. The molecule has 0 spiro atoms. The zero-order valence-corrected chi connectivity index (χ0v) is 40.7. The van der Waals surface area contributed by atoms with Crippen LogP contribution < -0.4 is 0 Å². The summed E-state index contributed by atoms with van der Waals surface area (Å²) >= 11 is 0.